The van der Waals surface area contributed by atoms with Crippen LogP contribution in [0, 0.1) is 23.7 Å². The maximum atomic E-state index is 14.1. The highest BCUT2D eigenvalue weighted by Gasteiger charge is 2.48. The fourth-order valence-electron chi connectivity index (χ4n) is 9.96. The van der Waals surface area contributed by atoms with Gasteiger partial charge in [-0.1, -0.05) is 61.9 Å². The number of carbonyl (C=O) groups excluding carboxylic acids is 2. The van der Waals surface area contributed by atoms with Crippen LogP contribution >= 0.6 is 0 Å². The van der Waals surface area contributed by atoms with E-state index in [9.17, 15) is 30.0 Å². The summed E-state index contributed by atoms with van der Waals surface area (Å²) in [4.78, 5) is 34.4. The zero-order valence-electron chi connectivity index (χ0n) is 41.7. The fraction of sp³-hybridized carbons (Fsp3) is 0.667. The predicted molar refractivity (Wildman–Crippen MR) is 255 cm³/mol. The maximum Gasteiger partial charge on any atom is 0.308 e. The van der Waals surface area contributed by atoms with Crippen LogP contribution in [0.3, 0.4) is 0 Å². The molecule has 2 fully saturated rings. The van der Waals surface area contributed by atoms with E-state index in [2.05, 4.69) is 15.3 Å². The SMILES string of the molecule is CC[C@H]1OC(=O)C[C@@H](O)[C@H](C)[C@@H](O[C@@H]2O[C@H](C)[C@@H](O)C(N(C)C)C2O)[C@@H](CCn2cc(-c3cnc4ccccc4c3)nn2)C[C@@H](C)C(=O)/C=C/C(C)=C/[C@@H]1CCO[C@@H]1OC(C)[C@@H](O)[C@H](OC)C1OC. The van der Waals surface area contributed by atoms with E-state index < -0.39 is 103 Å². The number of aliphatic hydroxyl groups is 4. The number of benzene rings is 1. The lowest BCUT2D eigenvalue weighted by atomic mass is 9.79. The second-order valence-corrected chi connectivity index (χ2v) is 19.4. The summed E-state index contributed by atoms with van der Waals surface area (Å²) >= 11 is 0. The molecule has 0 saturated carbocycles. The van der Waals surface area contributed by atoms with E-state index in [4.69, 9.17) is 33.2 Å². The summed E-state index contributed by atoms with van der Waals surface area (Å²) in [6.45, 7) is 11.4. The summed E-state index contributed by atoms with van der Waals surface area (Å²) in [7, 11) is 6.50. The summed E-state index contributed by atoms with van der Waals surface area (Å²) in [5.41, 5.74) is 3.07. The van der Waals surface area contributed by atoms with Crippen molar-refractivity contribution in [2.45, 2.75) is 160 Å². The van der Waals surface area contributed by atoms with Gasteiger partial charge >= 0.3 is 5.97 Å². The van der Waals surface area contributed by atoms with Gasteiger partial charge in [0.05, 0.1) is 61.3 Å². The van der Waals surface area contributed by atoms with Crippen LogP contribution in [-0.2, 0) is 49.3 Å². The van der Waals surface area contributed by atoms with E-state index in [0.29, 0.717) is 37.9 Å². The molecule has 0 radical (unpaired) electrons. The number of cyclic esters (lactones) is 1. The Labute approximate surface area is 405 Å². The highest BCUT2D eigenvalue weighted by molar-refractivity contribution is 5.91. The van der Waals surface area contributed by atoms with Gasteiger partial charge in [0.15, 0.2) is 18.4 Å². The molecule has 1 aromatic carbocycles. The van der Waals surface area contributed by atoms with E-state index in [1.165, 1.54) is 14.2 Å². The molecule has 3 aromatic rings. The standard InChI is InChI=1S/C51H75N5O13/c1-11-41-34(19-21-65-51-49(64-10)48(63-9)45(61)32(6)67-51)22-28(2)16-17-39(57)29(3)23-35(18-20-56-27-38(53-54-56)36-24-33-14-12-13-15-37(33)52-26-36)47(30(4)40(58)25-42(59)68-41)69-50-46(62)43(55(7)8)44(60)31(5)66-50/h12-17,22,24,26-27,29-32,34-35,40-41,43-51,58,60-62H,11,18-21,23,25H2,1-10H3/b17-16+,28-22+/t29-,30+,31-,32?,34+,35+,40-,41-,43?,44-,45-,46?,47-,48+,49?,50+,51-/m1/s1. The van der Waals surface area contributed by atoms with E-state index in [1.54, 1.807) is 62.8 Å². The number of fused-ring (bicyclic) bond motifs is 1. The van der Waals surface area contributed by atoms with Crippen LogP contribution in [0.2, 0.25) is 0 Å². The summed E-state index contributed by atoms with van der Waals surface area (Å²) < 4.78 is 44.2. The highest BCUT2D eigenvalue weighted by Crippen LogP contribution is 2.36. The summed E-state index contributed by atoms with van der Waals surface area (Å²) in [6, 6.07) is 9.09. The van der Waals surface area contributed by atoms with Gasteiger partial charge in [-0.05, 0) is 84.7 Å². The number of ketones is 1. The lowest BCUT2D eigenvalue weighted by Crippen LogP contribution is -2.63. The van der Waals surface area contributed by atoms with Gasteiger partial charge in [0.2, 0.25) is 0 Å². The number of carbonyl (C=O) groups is 2. The Morgan fingerprint density at radius 2 is 1.59 bits per heavy atom. The van der Waals surface area contributed by atoms with Crippen LogP contribution in [0.1, 0.15) is 73.6 Å². The zero-order chi connectivity index (χ0) is 50.1. The van der Waals surface area contributed by atoms with Crippen molar-refractivity contribution in [3.05, 3.63) is 66.5 Å². The first-order chi connectivity index (χ1) is 32.9. The molecule has 2 aromatic heterocycles. The van der Waals surface area contributed by atoms with E-state index >= 15 is 0 Å². The van der Waals surface area contributed by atoms with Gasteiger partial charge < -0.3 is 58.5 Å². The molecule has 382 valence electrons. The number of nitrogens with zero attached hydrogens (tertiary/aromatic N) is 5. The van der Waals surface area contributed by atoms with Crippen molar-refractivity contribution in [2.24, 2.45) is 23.7 Å². The second-order valence-electron chi connectivity index (χ2n) is 19.4. The molecule has 69 heavy (non-hydrogen) atoms. The average molecular weight is 966 g/mol. The molecule has 18 heteroatoms. The number of esters is 1. The zero-order valence-corrected chi connectivity index (χ0v) is 41.7. The third-order valence-electron chi connectivity index (χ3n) is 14.1. The van der Waals surface area contributed by atoms with Crippen LogP contribution in [-0.4, -0.2) is 172 Å². The molecule has 17 atom stereocenters. The molecule has 6 rings (SSSR count). The number of likely N-dealkylation sites (N-methyl/N-ethyl adjacent to an activating group) is 1. The number of hydrogen-bond donors (Lipinski definition) is 4. The summed E-state index contributed by atoms with van der Waals surface area (Å²) in [6.07, 6.45) is -0.735. The number of para-hydroxylation sites is 1. The topological polar surface area (TPSA) is 227 Å². The van der Waals surface area contributed by atoms with Gasteiger partial charge in [0.1, 0.15) is 36.2 Å². The lowest BCUT2D eigenvalue weighted by Gasteiger charge is -2.46. The Hall–Kier alpha value is -4.05. The number of allylic oxidation sites excluding steroid dienone is 3. The van der Waals surface area contributed by atoms with Crippen LogP contribution in [0.5, 0.6) is 0 Å². The minimum absolute atomic E-state index is 0.126. The average Bonchev–Trinajstić information content (AvgIpc) is 3.81. The molecule has 18 nitrogen and oxygen atoms in total. The van der Waals surface area contributed by atoms with Crippen molar-refractivity contribution in [3.8, 4) is 11.3 Å². The molecule has 0 bridgehead atoms. The Balaban J connectivity index is 1.28. The third kappa shape index (κ3) is 13.5. The monoisotopic (exact) mass is 966 g/mol. The minimum atomic E-state index is -1.29. The Morgan fingerprint density at radius 3 is 2.30 bits per heavy atom. The minimum Gasteiger partial charge on any atom is -0.462 e. The molecule has 4 unspecified atom stereocenters. The van der Waals surface area contributed by atoms with Crippen molar-refractivity contribution in [3.63, 3.8) is 0 Å². The molecule has 5 heterocycles. The first kappa shape index (κ1) is 54.3. The number of methoxy groups -OCH3 is 2. The van der Waals surface area contributed by atoms with E-state index in [0.717, 1.165) is 22.0 Å². The largest absolute Gasteiger partial charge is 0.462 e. The second kappa shape index (κ2) is 24.9. The summed E-state index contributed by atoms with van der Waals surface area (Å²) in [5, 5.41) is 55.3. The Bertz CT molecular complexity index is 2190. The Kier molecular flexibility index (Phi) is 19.6. The Morgan fingerprint density at radius 1 is 0.884 bits per heavy atom. The van der Waals surface area contributed by atoms with Crippen LogP contribution in [0.25, 0.3) is 22.2 Å². The number of rotatable bonds is 14. The van der Waals surface area contributed by atoms with Crippen LogP contribution in [0.15, 0.2) is 66.5 Å². The molecule has 0 amide bonds. The molecular formula is C51H75N5O13. The molecule has 0 spiro atoms. The van der Waals surface area contributed by atoms with Gasteiger partial charge in [0.25, 0.3) is 0 Å². The number of pyridine rings is 1. The number of aromatic nitrogens is 4. The smallest absolute Gasteiger partial charge is 0.308 e. The third-order valence-corrected chi connectivity index (χ3v) is 14.1. The maximum absolute atomic E-state index is 14.1. The number of hydrogen-bond acceptors (Lipinski definition) is 17. The summed E-state index contributed by atoms with van der Waals surface area (Å²) in [5.74, 6) is -2.85. The van der Waals surface area contributed by atoms with E-state index in [1.807, 2.05) is 63.4 Å². The molecule has 3 aliphatic rings. The number of aliphatic hydroxyl groups excluding tert-OH is 4. The van der Waals surface area contributed by atoms with Gasteiger partial charge in [-0.3, -0.25) is 19.3 Å². The van der Waals surface area contributed by atoms with Crippen molar-refractivity contribution in [1.82, 2.24) is 24.9 Å². The predicted octanol–water partition coefficient (Wildman–Crippen LogP) is 4.26. The number of ether oxygens (including phenoxy) is 7. The first-order valence-electron chi connectivity index (χ1n) is 24.3. The number of aryl methyl sites for hydroxylation is 1. The van der Waals surface area contributed by atoms with Gasteiger partial charge in [-0.2, -0.15) is 0 Å². The fourth-order valence-corrected chi connectivity index (χ4v) is 9.96. The molecular weight excluding hydrogens is 891 g/mol. The normalized spacial score (nSPS) is 36.8. The van der Waals surface area contributed by atoms with Gasteiger partial charge in [-0.15, -0.1) is 5.10 Å². The molecule has 0 aliphatic carbocycles. The van der Waals surface area contributed by atoms with Gasteiger partial charge in [0, 0.05) is 55.7 Å². The van der Waals surface area contributed by atoms with Crippen molar-refractivity contribution in [2.75, 3.05) is 34.9 Å². The van der Waals surface area contributed by atoms with E-state index in [-0.39, 0.29) is 24.7 Å². The molecule has 2 saturated heterocycles. The lowest BCUT2D eigenvalue weighted by molar-refractivity contribution is -0.304. The van der Waals surface area contributed by atoms with Crippen LogP contribution < -0.4 is 0 Å². The highest BCUT2D eigenvalue weighted by atomic mass is 16.7. The first-order valence-corrected chi connectivity index (χ1v) is 24.3. The van der Waals surface area contributed by atoms with Crippen molar-refractivity contribution < 1.29 is 63.2 Å². The van der Waals surface area contributed by atoms with Gasteiger partial charge in [-0.25, -0.2) is 0 Å². The molecule has 3 aliphatic heterocycles. The van der Waals surface area contributed by atoms with Crippen molar-refractivity contribution in [1.29, 1.82) is 0 Å². The quantitative estimate of drug-likeness (QED) is 0.166. The van der Waals surface area contributed by atoms with Crippen molar-refractivity contribution >= 4 is 22.7 Å². The van der Waals surface area contributed by atoms with Crippen LogP contribution in [0.4, 0.5) is 0 Å². The molecule has 4 N–H and O–H groups in total.